The van der Waals surface area contributed by atoms with Gasteiger partial charge in [-0.25, -0.2) is 4.39 Å². The summed E-state index contributed by atoms with van der Waals surface area (Å²) in [7, 11) is 1.87. The fourth-order valence-electron chi connectivity index (χ4n) is 2.89. The molecule has 1 heterocycles. The standard InChI is InChI=1S/C17H26FNO2/c1-10-6-17(15(9-16(10)18)13(4)19-5)21-14-7-11(2)20-12(3)8-14/h6,9,11-14,19H,7-8H2,1-5H3. The minimum absolute atomic E-state index is 0.0461. The Bertz CT molecular complexity index is 482. The van der Waals surface area contributed by atoms with Crippen LogP contribution in [-0.2, 0) is 4.74 Å². The number of nitrogens with one attached hydrogen (secondary N) is 1. The van der Waals surface area contributed by atoms with Crippen molar-refractivity contribution < 1.29 is 13.9 Å². The van der Waals surface area contributed by atoms with Gasteiger partial charge in [0, 0.05) is 24.4 Å². The molecule has 1 aromatic carbocycles. The largest absolute Gasteiger partial charge is 0.490 e. The molecule has 2 rings (SSSR count). The molecule has 1 N–H and O–H groups in total. The van der Waals surface area contributed by atoms with E-state index >= 15 is 0 Å². The smallest absolute Gasteiger partial charge is 0.126 e. The molecule has 3 unspecified atom stereocenters. The molecule has 1 fully saturated rings. The first kappa shape index (κ1) is 16.2. The van der Waals surface area contributed by atoms with Crippen LogP contribution in [-0.4, -0.2) is 25.4 Å². The van der Waals surface area contributed by atoms with Crippen molar-refractivity contribution in [2.45, 2.75) is 64.9 Å². The van der Waals surface area contributed by atoms with Crippen LogP contribution < -0.4 is 10.1 Å². The van der Waals surface area contributed by atoms with Gasteiger partial charge in [-0.2, -0.15) is 0 Å². The van der Waals surface area contributed by atoms with Gasteiger partial charge >= 0.3 is 0 Å². The van der Waals surface area contributed by atoms with E-state index in [1.165, 1.54) is 0 Å². The Morgan fingerprint density at radius 2 is 1.90 bits per heavy atom. The van der Waals surface area contributed by atoms with E-state index in [0.717, 1.165) is 24.2 Å². The minimum Gasteiger partial charge on any atom is -0.490 e. The first-order valence-corrected chi connectivity index (χ1v) is 7.70. The van der Waals surface area contributed by atoms with E-state index < -0.39 is 0 Å². The average molecular weight is 295 g/mol. The molecule has 0 aliphatic carbocycles. The van der Waals surface area contributed by atoms with Crippen molar-refractivity contribution in [2.75, 3.05) is 7.05 Å². The first-order chi connectivity index (χ1) is 9.90. The van der Waals surface area contributed by atoms with Crippen molar-refractivity contribution in [3.63, 3.8) is 0 Å². The third kappa shape index (κ3) is 3.95. The zero-order valence-electron chi connectivity index (χ0n) is 13.6. The summed E-state index contributed by atoms with van der Waals surface area (Å²) in [6, 6.07) is 3.44. The molecule has 0 saturated carbocycles. The number of ether oxygens (including phenoxy) is 2. The normalized spacial score (nSPS) is 27.4. The summed E-state index contributed by atoms with van der Waals surface area (Å²) < 4.78 is 25.8. The van der Waals surface area contributed by atoms with E-state index in [2.05, 4.69) is 19.2 Å². The molecule has 3 nitrogen and oxygen atoms in total. The van der Waals surface area contributed by atoms with Crippen molar-refractivity contribution >= 4 is 0 Å². The molecule has 1 saturated heterocycles. The highest BCUT2D eigenvalue weighted by atomic mass is 19.1. The van der Waals surface area contributed by atoms with Crippen LogP contribution in [0.4, 0.5) is 4.39 Å². The Kier molecular flexibility index (Phi) is 5.22. The summed E-state index contributed by atoms with van der Waals surface area (Å²) in [5, 5.41) is 3.15. The van der Waals surface area contributed by atoms with Crippen molar-refractivity contribution in [2.24, 2.45) is 0 Å². The summed E-state index contributed by atoms with van der Waals surface area (Å²) in [4.78, 5) is 0. The van der Waals surface area contributed by atoms with Gasteiger partial charge in [0.25, 0.3) is 0 Å². The van der Waals surface area contributed by atoms with Crippen LogP contribution in [0.2, 0.25) is 0 Å². The fraction of sp³-hybridized carbons (Fsp3) is 0.647. The molecule has 3 atom stereocenters. The van der Waals surface area contributed by atoms with Crippen LogP contribution in [0.25, 0.3) is 0 Å². The lowest BCUT2D eigenvalue weighted by molar-refractivity contribution is -0.0723. The van der Waals surface area contributed by atoms with Crippen molar-refractivity contribution in [1.82, 2.24) is 5.32 Å². The van der Waals surface area contributed by atoms with Gasteiger partial charge in [0.05, 0.1) is 12.2 Å². The molecular formula is C17H26FNO2. The lowest BCUT2D eigenvalue weighted by Gasteiger charge is -2.33. The van der Waals surface area contributed by atoms with Crippen LogP contribution in [0, 0.1) is 12.7 Å². The summed E-state index contributed by atoms with van der Waals surface area (Å²) >= 11 is 0. The van der Waals surface area contributed by atoms with Gasteiger partial charge in [-0.05, 0) is 52.4 Å². The van der Waals surface area contributed by atoms with Crippen LogP contribution in [0.5, 0.6) is 5.75 Å². The Balaban J connectivity index is 2.23. The predicted octanol–water partition coefficient (Wildman–Crippen LogP) is 3.75. The average Bonchev–Trinajstić information content (AvgIpc) is 2.40. The van der Waals surface area contributed by atoms with Gasteiger partial charge in [-0.3, -0.25) is 0 Å². The number of hydrogen-bond acceptors (Lipinski definition) is 3. The van der Waals surface area contributed by atoms with Gasteiger partial charge in [0.15, 0.2) is 0 Å². The lowest BCUT2D eigenvalue weighted by atomic mass is 10.0. The van der Waals surface area contributed by atoms with Gasteiger partial charge < -0.3 is 14.8 Å². The monoisotopic (exact) mass is 295 g/mol. The van der Waals surface area contributed by atoms with Gasteiger partial charge in [-0.1, -0.05) is 0 Å². The van der Waals surface area contributed by atoms with Gasteiger partial charge in [0.1, 0.15) is 17.7 Å². The molecule has 1 aliphatic rings. The number of halogens is 1. The second-order valence-electron chi connectivity index (χ2n) is 6.12. The van der Waals surface area contributed by atoms with Crippen LogP contribution in [0.1, 0.15) is 50.8 Å². The zero-order chi connectivity index (χ0) is 15.6. The highest BCUT2D eigenvalue weighted by Crippen LogP contribution is 2.31. The summed E-state index contributed by atoms with van der Waals surface area (Å²) in [5.41, 5.74) is 1.48. The molecule has 4 heteroatoms. The van der Waals surface area contributed by atoms with E-state index in [1.807, 2.05) is 20.0 Å². The molecule has 0 bridgehead atoms. The number of benzene rings is 1. The third-order valence-electron chi connectivity index (χ3n) is 4.14. The summed E-state index contributed by atoms with van der Waals surface area (Å²) in [5.74, 6) is 0.593. The predicted molar refractivity (Wildman–Crippen MR) is 82.3 cm³/mol. The van der Waals surface area contributed by atoms with Crippen LogP contribution in [0.3, 0.4) is 0 Å². The maximum atomic E-state index is 13.9. The molecule has 1 aromatic rings. The minimum atomic E-state index is -0.187. The second kappa shape index (κ2) is 6.75. The van der Waals surface area contributed by atoms with Gasteiger partial charge in [-0.15, -0.1) is 0 Å². The number of hydrogen-bond donors (Lipinski definition) is 1. The SMILES string of the molecule is CNC(C)c1cc(F)c(C)cc1OC1CC(C)OC(C)C1. The fourth-order valence-corrected chi connectivity index (χ4v) is 2.89. The molecule has 1 aliphatic heterocycles. The molecule has 118 valence electrons. The number of rotatable bonds is 4. The molecule has 0 aromatic heterocycles. The molecular weight excluding hydrogens is 269 g/mol. The number of aryl methyl sites for hydroxylation is 1. The first-order valence-electron chi connectivity index (χ1n) is 7.70. The van der Waals surface area contributed by atoms with Crippen LogP contribution in [0.15, 0.2) is 12.1 Å². The van der Waals surface area contributed by atoms with Crippen molar-refractivity contribution in [1.29, 1.82) is 0 Å². The second-order valence-corrected chi connectivity index (χ2v) is 6.12. The van der Waals surface area contributed by atoms with E-state index in [9.17, 15) is 4.39 Å². The highest BCUT2D eigenvalue weighted by Gasteiger charge is 2.27. The Labute approximate surface area is 126 Å². The van der Waals surface area contributed by atoms with E-state index in [1.54, 1.807) is 13.0 Å². The van der Waals surface area contributed by atoms with E-state index in [0.29, 0.717) is 5.56 Å². The van der Waals surface area contributed by atoms with Crippen molar-refractivity contribution in [3.8, 4) is 5.75 Å². The topological polar surface area (TPSA) is 30.5 Å². The maximum absolute atomic E-state index is 13.9. The quantitative estimate of drug-likeness (QED) is 0.917. The highest BCUT2D eigenvalue weighted by molar-refractivity contribution is 5.40. The Hall–Kier alpha value is -1.13. The van der Waals surface area contributed by atoms with E-state index in [4.69, 9.17) is 9.47 Å². The van der Waals surface area contributed by atoms with E-state index in [-0.39, 0.29) is 30.2 Å². The Morgan fingerprint density at radius 3 is 2.48 bits per heavy atom. The molecule has 21 heavy (non-hydrogen) atoms. The lowest BCUT2D eigenvalue weighted by Crippen LogP contribution is -2.36. The van der Waals surface area contributed by atoms with Gasteiger partial charge in [0.2, 0.25) is 0 Å². The van der Waals surface area contributed by atoms with Crippen LogP contribution >= 0.6 is 0 Å². The van der Waals surface area contributed by atoms with Crippen molar-refractivity contribution in [3.05, 3.63) is 29.1 Å². The maximum Gasteiger partial charge on any atom is 0.126 e. The summed E-state index contributed by atoms with van der Waals surface area (Å²) in [6.07, 6.45) is 2.26. The molecule has 0 radical (unpaired) electrons. The summed E-state index contributed by atoms with van der Waals surface area (Å²) in [6.45, 7) is 7.91. The third-order valence-corrected chi connectivity index (χ3v) is 4.14. The molecule has 0 spiro atoms. The zero-order valence-corrected chi connectivity index (χ0v) is 13.6. The molecule has 0 amide bonds. The Morgan fingerprint density at radius 1 is 1.29 bits per heavy atom.